The molecule has 0 saturated heterocycles. The molecule has 0 aromatic carbocycles. The zero-order valence-corrected chi connectivity index (χ0v) is 8.79. The Morgan fingerprint density at radius 1 is 1.56 bits per heavy atom. The molecule has 0 radical (unpaired) electrons. The number of nitrogens with zero attached hydrogens (tertiary/aromatic N) is 3. The van der Waals surface area contributed by atoms with Crippen LogP contribution in [0.1, 0.15) is 17.5 Å². The molecule has 6 heteroatoms. The highest BCUT2D eigenvalue weighted by molar-refractivity contribution is 5.48. The zero-order valence-electron chi connectivity index (χ0n) is 8.79. The summed E-state index contributed by atoms with van der Waals surface area (Å²) in [6.45, 7) is 1.72. The van der Waals surface area contributed by atoms with Gasteiger partial charge in [-0.05, 0) is 24.6 Å². The number of aliphatic hydroxyl groups is 1. The topological polar surface area (TPSA) is 98.1 Å². The SMILES string of the molecule is Cc1ccnc(-c2noc([C@@H](N)CO)n2)c1. The minimum Gasteiger partial charge on any atom is -0.394 e. The van der Waals surface area contributed by atoms with Crippen LogP contribution < -0.4 is 5.73 Å². The molecule has 0 aliphatic carbocycles. The molecule has 0 aliphatic rings. The van der Waals surface area contributed by atoms with Gasteiger partial charge in [0.2, 0.25) is 11.7 Å². The van der Waals surface area contributed by atoms with Gasteiger partial charge in [0, 0.05) is 6.20 Å². The first kappa shape index (κ1) is 10.7. The zero-order chi connectivity index (χ0) is 11.5. The highest BCUT2D eigenvalue weighted by Crippen LogP contribution is 2.16. The lowest BCUT2D eigenvalue weighted by molar-refractivity contribution is 0.237. The Bertz CT molecular complexity index is 483. The van der Waals surface area contributed by atoms with Crippen LogP contribution >= 0.6 is 0 Å². The van der Waals surface area contributed by atoms with Crippen molar-refractivity contribution in [1.82, 2.24) is 15.1 Å². The van der Waals surface area contributed by atoms with Crippen molar-refractivity contribution in [3.8, 4) is 11.5 Å². The van der Waals surface area contributed by atoms with Gasteiger partial charge in [0.15, 0.2) is 0 Å². The molecule has 0 bridgehead atoms. The quantitative estimate of drug-likeness (QED) is 0.778. The van der Waals surface area contributed by atoms with Gasteiger partial charge < -0.3 is 15.4 Å². The van der Waals surface area contributed by atoms with Gasteiger partial charge in [-0.2, -0.15) is 4.98 Å². The summed E-state index contributed by atoms with van der Waals surface area (Å²) in [7, 11) is 0. The van der Waals surface area contributed by atoms with E-state index in [4.69, 9.17) is 15.4 Å². The average Bonchev–Trinajstić information content (AvgIpc) is 2.77. The molecule has 2 aromatic heterocycles. The molecule has 0 unspecified atom stereocenters. The van der Waals surface area contributed by atoms with Crippen LogP contribution in [-0.4, -0.2) is 26.8 Å². The van der Waals surface area contributed by atoms with Gasteiger partial charge in [-0.25, -0.2) is 0 Å². The Kier molecular flexibility index (Phi) is 2.93. The Balaban J connectivity index is 2.31. The third-order valence-electron chi connectivity index (χ3n) is 2.10. The minimum atomic E-state index is -0.647. The highest BCUT2D eigenvalue weighted by Gasteiger charge is 2.15. The van der Waals surface area contributed by atoms with E-state index in [2.05, 4.69) is 15.1 Å². The lowest BCUT2D eigenvalue weighted by Crippen LogP contribution is -2.14. The van der Waals surface area contributed by atoms with Gasteiger partial charge in [0.25, 0.3) is 0 Å². The molecular formula is C10H12N4O2. The van der Waals surface area contributed by atoms with Crippen molar-refractivity contribution in [3.63, 3.8) is 0 Å². The van der Waals surface area contributed by atoms with Gasteiger partial charge >= 0.3 is 0 Å². The smallest absolute Gasteiger partial charge is 0.246 e. The third kappa shape index (κ3) is 2.07. The van der Waals surface area contributed by atoms with E-state index in [0.717, 1.165) is 5.56 Å². The van der Waals surface area contributed by atoms with Crippen molar-refractivity contribution in [3.05, 3.63) is 29.8 Å². The molecule has 3 N–H and O–H groups in total. The second-order valence-corrected chi connectivity index (χ2v) is 3.46. The monoisotopic (exact) mass is 220 g/mol. The van der Waals surface area contributed by atoms with Gasteiger partial charge in [0.1, 0.15) is 11.7 Å². The summed E-state index contributed by atoms with van der Waals surface area (Å²) >= 11 is 0. The Morgan fingerprint density at radius 2 is 2.38 bits per heavy atom. The van der Waals surface area contributed by atoms with Crippen LogP contribution in [0.4, 0.5) is 0 Å². The molecule has 2 rings (SSSR count). The normalized spacial score (nSPS) is 12.7. The van der Waals surface area contributed by atoms with Gasteiger partial charge in [-0.3, -0.25) is 4.98 Å². The van der Waals surface area contributed by atoms with Crippen LogP contribution in [0.3, 0.4) is 0 Å². The van der Waals surface area contributed by atoms with Crippen LogP contribution in [0.5, 0.6) is 0 Å². The van der Waals surface area contributed by atoms with E-state index in [0.29, 0.717) is 11.5 Å². The van der Waals surface area contributed by atoms with Gasteiger partial charge in [-0.1, -0.05) is 5.16 Å². The lowest BCUT2D eigenvalue weighted by Gasteiger charge is -1.98. The van der Waals surface area contributed by atoms with Crippen molar-refractivity contribution in [1.29, 1.82) is 0 Å². The Labute approximate surface area is 92.1 Å². The first-order chi connectivity index (χ1) is 7.70. The molecular weight excluding hydrogens is 208 g/mol. The first-order valence-electron chi connectivity index (χ1n) is 4.84. The maximum absolute atomic E-state index is 8.84. The Hall–Kier alpha value is -1.79. The average molecular weight is 220 g/mol. The number of pyridine rings is 1. The summed E-state index contributed by atoms with van der Waals surface area (Å²) < 4.78 is 4.93. The van der Waals surface area contributed by atoms with E-state index < -0.39 is 6.04 Å². The predicted molar refractivity (Wildman–Crippen MR) is 56.3 cm³/mol. The fourth-order valence-corrected chi connectivity index (χ4v) is 1.23. The van der Waals surface area contributed by atoms with E-state index in [-0.39, 0.29) is 12.5 Å². The number of rotatable bonds is 3. The molecule has 1 atom stereocenters. The summed E-state index contributed by atoms with van der Waals surface area (Å²) in [5, 5.41) is 12.6. The fraction of sp³-hybridized carbons (Fsp3) is 0.300. The number of aromatic nitrogens is 3. The molecule has 0 spiro atoms. The molecule has 2 aromatic rings. The maximum atomic E-state index is 8.84. The highest BCUT2D eigenvalue weighted by atomic mass is 16.5. The molecule has 6 nitrogen and oxygen atoms in total. The number of aryl methyl sites for hydroxylation is 1. The van der Waals surface area contributed by atoms with Crippen molar-refractivity contribution in [2.24, 2.45) is 5.73 Å². The second-order valence-electron chi connectivity index (χ2n) is 3.46. The molecule has 0 amide bonds. The number of aliphatic hydroxyl groups excluding tert-OH is 1. The first-order valence-corrected chi connectivity index (χ1v) is 4.84. The van der Waals surface area contributed by atoms with Crippen molar-refractivity contribution >= 4 is 0 Å². The third-order valence-corrected chi connectivity index (χ3v) is 2.10. The van der Waals surface area contributed by atoms with Crippen molar-refractivity contribution in [2.75, 3.05) is 6.61 Å². The largest absolute Gasteiger partial charge is 0.394 e. The number of hydrogen-bond donors (Lipinski definition) is 2. The van der Waals surface area contributed by atoms with E-state index in [9.17, 15) is 0 Å². The van der Waals surface area contributed by atoms with Crippen LogP contribution in [-0.2, 0) is 0 Å². The van der Waals surface area contributed by atoms with E-state index in [1.807, 2.05) is 19.1 Å². The molecule has 0 saturated carbocycles. The number of hydrogen-bond acceptors (Lipinski definition) is 6. The standard InChI is InChI=1S/C10H12N4O2/c1-6-2-3-12-8(4-6)9-13-10(16-14-9)7(11)5-15/h2-4,7,15H,5,11H2,1H3/t7-/m0/s1. The molecule has 0 aliphatic heterocycles. The van der Waals surface area contributed by atoms with Gasteiger partial charge in [0.05, 0.1) is 6.61 Å². The Morgan fingerprint density at radius 3 is 3.06 bits per heavy atom. The van der Waals surface area contributed by atoms with Crippen LogP contribution in [0.2, 0.25) is 0 Å². The van der Waals surface area contributed by atoms with E-state index in [1.165, 1.54) is 0 Å². The van der Waals surface area contributed by atoms with Crippen molar-refractivity contribution < 1.29 is 9.63 Å². The predicted octanol–water partition coefficient (Wildman–Crippen LogP) is 0.432. The summed E-state index contributed by atoms with van der Waals surface area (Å²) in [5.41, 5.74) is 7.23. The molecule has 0 fully saturated rings. The van der Waals surface area contributed by atoms with Crippen LogP contribution in [0.25, 0.3) is 11.5 Å². The maximum Gasteiger partial charge on any atom is 0.246 e. The van der Waals surface area contributed by atoms with E-state index >= 15 is 0 Å². The summed E-state index contributed by atoms with van der Waals surface area (Å²) in [5.74, 6) is 0.586. The van der Waals surface area contributed by atoms with Crippen LogP contribution in [0, 0.1) is 6.92 Å². The summed E-state index contributed by atoms with van der Waals surface area (Å²) in [4.78, 5) is 8.19. The van der Waals surface area contributed by atoms with Crippen LogP contribution in [0.15, 0.2) is 22.9 Å². The summed E-state index contributed by atoms with van der Waals surface area (Å²) in [6, 6.07) is 3.08. The minimum absolute atomic E-state index is 0.209. The van der Waals surface area contributed by atoms with Crippen molar-refractivity contribution in [2.45, 2.75) is 13.0 Å². The second kappa shape index (κ2) is 4.38. The molecule has 84 valence electrons. The number of nitrogens with two attached hydrogens (primary N) is 1. The summed E-state index contributed by atoms with van der Waals surface area (Å²) in [6.07, 6.45) is 1.67. The fourth-order valence-electron chi connectivity index (χ4n) is 1.23. The molecule has 2 heterocycles. The van der Waals surface area contributed by atoms with E-state index in [1.54, 1.807) is 6.20 Å². The van der Waals surface area contributed by atoms with Gasteiger partial charge in [-0.15, -0.1) is 0 Å². The lowest BCUT2D eigenvalue weighted by atomic mass is 10.2. The molecule has 16 heavy (non-hydrogen) atoms.